The lowest BCUT2D eigenvalue weighted by molar-refractivity contribution is -0.123. The number of carbonyl (C=O) groups excluding carboxylic acids is 2. The van der Waals surface area contributed by atoms with Crippen molar-refractivity contribution >= 4 is 23.3 Å². The van der Waals surface area contributed by atoms with Crippen molar-refractivity contribution in [2.45, 2.75) is 6.92 Å². The number of amides is 2. The zero-order valence-electron chi connectivity index (χ0n) is 13.2. The van der Waals surface area contributed by atoms with Gasteiger partial charge in [-0.2, -0.15) is 0 Å². The number of benzene rings is 1. The number of fused-ring (bicyclic) bond motifs is 1. The fourth-order valence-electron chi connectivity index (χ4n) is 2.34. The molecule has 0 aliphatic carbocycles. The highest BCUT2D eigenvalue weighted by Gasteiger charge is 2.28. The van der Waals surface area contributed by atoms with Gasteiger partial charge in [-0.1, -0.05) is 0 Å². The molecule has 2 amide bonds. The number of hydrogen-bond acceptors (Lipinski definition) is 5. The molecular formula is C17H17N3O4. The maximum Gasteiger partial charge on any atom is 0.266 e. The van der Waals surface area contributed by atoms with Gasteiger partial charge in [-0.15, -0.1) is 0 Å². The van der Waals surface area contributed by atoms with Gasteiger partial charge >= 0.3 is 0 Å². The van der Waals surface area contributed by atoms with Crippen molar-refractivity contribution in [3.63, 3.8) is 0 Å². The van der Waals surface area contributed by atoms with Crippen LogP contribution in [0.5, 0.6) is 11.5 Å². The highest BCUT2D eigenvalue weighted by molar-refractivity contribution is 6.04. The Morgan fingerprint density at radius 3 is 2.88 bits per heavy atom. The number of carbonyl (C=O) groups is 2. The van der Waals surface area contributed by atoms with Gasteiger partial charge in [0.05, 0.1) is 6.61 Å². The first-order chi connectivity index (χ1) is 11.7. The van der Waals surface area contributed by atoms with Crippen LogP contribution in [0.1, 0.15) is 6.92 Å². The van der Waals surface area contributed by atoms with Gasteiger partial charge in [-0.25, -0.2) is 4.98 Å². The first-order valence-electron chi connectivity index (χ1n) is 7.58. The Labute approximate surface area is 139 Å². The number of ether oxygens (including phenoxy) is 2. The summed E-state index contributed by atoms with van der Waals surface area (Å²) in [7, 11) is 0. The highest BCUT2D eigenvalue weighted by Crippen LogP contribution is 2.28. The SMILES string of the molecule is CCOc1ccc(NC(=O)CN2C(=O)COc3cccnc32)cc1. The van der Waals surface area contributed by atoms with Crippen LogP contribution >= 0.6 is 0 Å². The summed E-state index contributed by atoms with van der Waals surface area (Å²) in [5.41, 5.74) is 0.630. The predicted octanol–water partition coefficient (Wildman–Crippen LogP) is 1.84. The molecule has 1 N–H and O–H groups in total. The molecule has 0 fully saturated rings. The van der Waals surface area contributed by atoms with E-state index < -0.39 is 0 Å². The van der Waals surface area contributed by atoms with Gasteiger partial charge in [0.15, 0.2) is 18.2 Å². The molecule has 1 aliphatic rings. The van der Waals surface area contributed by atoms with Crippen molar-refractivity contribution in [1.29, 1.82) is 0 Å². The zero-order chi connectivity index (χ0) is 16.9. The Bertz CT molecular complexity index is 746. The lowest BCUT2D eigenvalue weighted by Gasteiger charge is -2.27. The molecule has 0 saturated carbocycles. The number of pyridine rings is 1. The summed E-state index contributed by atoms with van der Waals surface area (Å²) >= 11 is 0. The third-order valence-electron chi connectivity index (χ3n) is 3.41. The molecule has 1 aromatic heterocycles. The number of aromatic nitrogens is 1. The highest BCUT2D eigenvalue weighted by atomic mass is 16.5. The first kappa shape index (κ1) is 15.8. The standard InChI is InChI=1S/C17H17N3O4/c1-2-23-13-7-5-12(6-8-13)19-15(21)10-20-16(22)11-24-14-4-3-9-18-17(14)20/h3-9H,2,10-11H2,1H3,(H,19,21). The molecule has 1 aliphatic heterocycles. The second-order valence-corrected chi connectivity index (χ2v) is 5.10. The van der Waals surface area contributed by atoms with Crippen LogP contribution in [0.15, 0.2) is 42.6 Å². The second-order valence-electron chi connectivity index (χ2n) is 5.10. The van der Waals surface area contributed by atoms with Crippen LogP contribution in [0, 0.1) is 0 Å². The van der Waals surface area contributed by atoms with Crippen LogP contribution in [-0.4, -0.2) is 36.6 Å². The van der Waals surface area contributed by atoms with Crippen LogP contribution in [0.4, 0.5) is 11.5 Å². The minimum absolute atomic E-state index is 0.102. The van der Waals surface area contributed by atoms with E-state index in [0.29, 0.717) is 23.9 Å². The molecule has 2 heterocycles. The molecule has 0 spiro atoms. The molecule has 24 heavy (non-hydrogen) atoms. The molecule has 0 saturated heterocycles. The molecule has 3 rings (SSSR count). The molecule has 0 bridgehead atoms. The van der Waals surface area contributed by atoms with Crippen molar-refractivity contribution in [2.24, 2.45) is 0 Å². The van der Waals surface area contributed by atoms with Gasteiger partial charge in [0.2, 0.25) is 5.91 Å². The molecule has 0 unspecified atom stereocenters. The Morgan fingerprint density at radius 1 is 1.33 bits per heavy atom. The van der Waals surface area contributed by atoms with E-state index in [2.05, 4.69) is 10.3 Å². The number of nitrogens with one attached hydrogen (secondary N) is 1. The smallest absolute Gasteiger partial charge is 0.266 e. The molecule has 0 atom stereocenters. The van der Waals surface area contributed by atoms with Crippen LogP contribution in [-0.2, 0) is 9.59 Å². The molecule has 2 aromatic rings. The van der Waals surface area contributed by atoms with Crippen molar-refractivity contribution in [2.75, 3.05) is 30.0 Å². The number of hydrogen-bond donors (Lipinski definition) is 1. The molecule has 0 radical (unpaired) electrons. The fourth-order valence-corrected chi connectivity index (χ4v) is 2.34. The van der Waals surface area contributed by atoms with Crippen molar-refractivity contribution in [3.05, 3.63) is 42.6 Å². The molecular weight excluding hydrogens is 310 g/mol. The summed E-state index contributed by atoms with van der Waals surface area (Å²) in [6.45, 7) is 2.26. The van der Waals surface area contributed by atoms with Gasteiger partial charge in [-0.05, 0) is 43.3 Å². The van der Waals surface area contributed by atoms with Crippen LogP contribution in [0.25, 0.3) is 0 Å². The second kappa shape index (κ2) is 6.99. The number of nitrogens with zero attached hydrogens (tertiary/aromatic N) is 2. The van der Waals surface area contributed by atoms with E-state index in [0.717, 1.165) is 5.75 Å². The summed E-state index contributed by atoms with van der Waals surface area (Å²) < 4.78 is 10.7. The topological polar surface area (TPSA) is 80.8 Å². The van der Waals surface area contributed by atoms with Crippen molar-refractivity contribution in [3.8, 4) is 11.5 Å². The zero-order valence-corrected chi connectivity index (χ0v) is 13.2. The minimum Gasteiger partial charge on any atom is -0.494 e. The lowest BCUT2D eigenvalue weighted by atomic mass is 10.3. The maximum atomic E-state index is 12.2. The monoisotopic (exact) mass is 327 g/mol. The lowest BCUT2D eigenvalue weighted by Crippen LogP contribution is -2.43. The molecule has 1 aromatic carbocycles. The summed E-state index contributed by atoms with van der Waals surface area (Å²) in [4.78, 5) is 29.7. The Balaban J connectivity index is 1.67. The fraction of sp³-hybridized carbons (Fsp3) is 0.235. The van der Waals surface area contributed by atoms with Gasteiger partial charge in [0.25, 0.3) is 5.91 Å². The van der Waals surface area contributed by atoms with E-state index in [9.17, 15) is 9.59 Å². The third kappa shape index (κ3) is 3.45. The number of rotatable bonds is 5. The van der Waals surface area contributed by atoms with E-state index in [4.69, 9.17) is 9.47 Å². The summed E-state index contributed by atoms with van der Waals surface area (Å²) in [5.74, 6) is 0.965. The Kier molecular flexibility index (Phi) is 4.60. The van der Waals surface area contributed by atoms with E-state index in [1.807, 2.05) is 6.92 Å². The average molecular weight is 327 g/mol. The molecule has 7 heteroatoms. The summed E-state index contributed by atoms with van der Waals surface area (Å²) in [5, 5.41) is 2.75. The van der Waals surface area contributed by atoms with Crippen LogP contribution < -0.4 is 19.7 Å². The van der Waals surface area contributed by atoms with E-state index in [1.54, 1.807) is 42.6 Å². The Morgan fingerprint density at radius 2 is 2.12 bits per heavy atom. The quantitative estimate of drug-likeness (QED) is 0.906. The predicted molar refractivity (Wildman–Crippen MR) is 88.3 cm³/mol. The minimum atomic E-state index is -0.314. The first-order valence-corrected chi connectivity index (χ1v) is 7.58. The summed E-state index contributed by atoms with van der Waals surface area (Å²) in [6.07, 6.45) is 1.55. The maximum absolute atomic E-state index is 12.2. The van der Waals surface area contributed by atoms with E-state index in [1.165, 1.54) is 4.90 Å². The third-order valence-corrected chi connectivity index (χ3v) is 3.41. The molecule has 124 valence electrons. The largest absolute Gasteiger partial charge is 0.494 e. The summed E-state index contributed by atoms with van der Waals surface area (Å²) in [6, 6.07) is 10.5. The van der Waals surface area contributed by atoms with Crippen LogP contribution in [0.2, 0.25) is 0 Å². The van der Waals surface area contributed by atoms with Crippen molar-refractivity contribution in [1.82, 2.24) is 4.98 Å². The van der Waals surface area contributed by atoms with Gasteiger partial charge in [0.1, 0.15) is 12.3 Å². The van der Waals surface area contributed by atoms with Crippen LogP contribution in [0.3, 0.4) is 0 Å². The molecule has 7 nitrogen and oxygen atoms in total. The average Bonchev–Trinajstić information content (AvgIpc) is 2.59. The van der Waals surface area contributed by atoms with Gasteiger partial charge in [-0.3, -0.25) is 14.5 Å². The van der Waals surface area contributed by atoms with E-state index >= 15 is 0 Å². The normalized spacial score (nSPS) is 13.0. The van der Waals surface area contributed by atoms with Gasteiger partial charge in [0, 0.05) is 11.9 Å². The van der Waals surface area contributed by atoms with Gasteiger partial charge < -0.3 is 14.8 Å². The van der Waals surface area contributed by atoms with Crippen molar-refractivity contribution < 1.29 is 19.1 Å². The Hall–Kier alpha value is -3.09. The van der Waals surface area contributed by atoms with E-state index in [-0.39, 0.29) is 25.0 Å². The number of anilines is 2.